The lowest BCUT2D eigenvalue weighted by Crippen LogP contribution is -2.47. The molecule has 4 heteroatoms. The van der Waals surface area contributed by atoms with Gasteiger partial charge in [0.1, 0.15) is 5.54 Å². The predicted molar refractivity (Wildman–Crippen MR) is 78.0 cm³/mol. The lowest BCUT2D eigenvalue weighted by atomic mass is 9.98. The number of likely N-dealkylation sites (N-methyl/N-ethyl adjacent to an activating group) is 1. The highest BCUT2D eigenvalue weighted by atomic mass is 16.5. The summed E-state index contributed by atoms with van der Waals surface area (Å²) in [6.45, 7) is 10.0. The Morgan fingerprint density at radius 3 is 2.63 bits per heavy atom. The standard InChI is InChI=1S/C15H29N3O/c1-12(2)17-15(11-16)7-6-14(10-15)18(5)8-9-19-13(3)4/h12-14,17H,6-10H2,1-5H3. The van der Waals surface area contributed by atoms with Crippen molar-refractivity contribution in [2.24, 2.45) is 0 Å². The molecule has 1 N–H and O–H groups in total. The summed E-state index contributed by atoms with van der Waals surface area (Å²) >= 11 is 0. The summed E-state index contributed by atoms with van der Waals surface area (Å²) in [6.07, 6.45) is 3.24. The number of nitriles is 1. The first-order valence-corrected chi connectivity index (χ1v) is 7.39. The molecule has 0 spiro atoms. The summed E-state index contributed by atoms with van der Waals surface area (Å²) in [7, 11) is 2.14. The maximum atomic E-state index is 9.46. The second-order valence-electron chi connectivity index (χ2n) is 6.29. The van der Waals surface area contributed by atoms with Gasteiger partial charge in [0, 0.05) is 18.6 Å². The molecule has 0 heterocycles. The number of hydrogen-bond donors (Lipinski definition) is 1. The van der Waals surface area contributed by atoms with Gasteiger partial charge in [-0.1, -0.05) is 0 Å². The van der Waals surface area contributed by atoms with Crippen LogP contribution in [-0.2, 0) is 4.74 Å². The second-order valence-corrected chi connectivity index (χ2v) is 6.29. The van der Waals surface area contributed by atoms with Crippen LogP contribution in [0, 0.1) is 11.3 Å². The van der Waals surface area contributed by atoms with Gasteiger partial charge in [0.2, 0.25) is 0 Å². The monoisotopic (exact) mass is 267 g/mol. The van der Waals surface area contributed by atoms with E-state index in [0.29, 0.717) is 12.1 Å². The molecule has 1 saturated carbocycles. The summed E-state index contributed by atoms with van der Waals surface area (Å²) in [5, 5.41) is 12.9. The fraction of sp³-hybridized carbons (Fsp3) is 0.933. The lowest BCUT2D eigenvalue weighted by molar-refractivity contribution is 0.0558. The number of ether oxygens (including phenoxy) is 1. The average molecular weight is 267 g/mol. The van der Waals surface area contributed by atoms with Crippen LogP contribution < -0.4 is 5.32 Å². The van der Waals surface area contributed by atoms with Crippen molar-refractivity contribution in [3.05, 3.63) is 0 Å². The first-order chi connectivity index (χ1) is 8.88. The molecular formula is C15H29N3O. The number of nitrogens with zero attached hydrogens (tertiary/aromatic N) is 2. The van der Waals surface area contributed by atoms with Gasteiger partial charge in [0.15, 0.2) is 0 Å². The lowest BCUT2D eigenvalue weighted by Gasteiger charge is -2.28. The Kier molecular flexibility index (Phi) is 6.25. The van der Waals surface area contributed by atoms with Crippen LogP contribution in [0.1, 0.15) is 47.0 Å². The predicted octanol–water partition coefficient (Wildman–Crippen LogP) is 2.16. The van der Waals surface area contributed by atoms with Crippen LogP contribution in [0.5, 0.6) is 0 Å². The largest absolute Gasteiger partial charge is 0.377 e. The topological polar surface area (TPSA) is 48.3 Å². The highest BCUT2D eigenvalue weighted by molar-refractivity contribution is 5.13. The molecule has 1 aliphatic carbocycles. The van der Waals surface area contributed by atoms with E-state index < -0.39 is 0 Å². The molecule has 1 aliphatic rings. The molecule has 2 unspecified atom stereocenters. The number of hydrogen-bond acceptors (Lipinski definition) is 4. The number of nitrogens with one attached hydrogen (secondary N) is 1. The van der Waals surface area contributed by atoms with E-state index in [2.05, 4.69) is 51.0 Å². The van der Waals surface area contributed by atoms with E-state index in [1.54, 1.807) is 0 Å². The van der Waals surface area contributed by atoms with Gasteiger partial charge in [-0.2, -0.15) is 5.26 Å². The molecule has 0 aromatic rings. The molecule has 1 fully saturated rings. The zero-order chi connectivity index (χ0) is 14.5. The van der Waals surface area contributed by atoms with Crippen LogP contribution in [0.2, 0.25) is 0 Å². The molecular weight excluding hydrogens is 238 g/mol. The van der Waals surface area contributed by atoms with E-state index in [-0.39, 0.29) is 11.6 Å². The average Bonchev–Trinajstić information content (AvgIpc) is 2.72. The third-order valence-corrected chi connectivity index (χ3v) is 3.79. The highest BCUT2D eigenvalue weighted by Gasteiger charge is 2.40. The summed E-state index contributed by atoms with van der Waals surface area (Å²) in [6, 6.07) is 3.34. The minimum atomic E-state index is -0.327. The van der Waals surface area contributed by atoms with Gasteiger partial charge >= 0.3 is 0 Å². The van der Waals surface area contributed by atoms with Crippen LogP contribution in [-0.4, -0.2) is 48.8 Å². The van der Waals surface area contributed by atoms with Crippen molar-refractivity contribution in [1.82, 2.24) is 10.2 Å². The van der Waals surface area contributed by atoms with Crippen LogP contribution in [0.15, 0.2) is 0 Å². The van der Waals surface area contributed by atoms with Crippen LogP contribution in [0.3, 0.4) is 0 Å². The Bertz CT molecular complexity index is 311. The molecule has 2 atom stereocenters. The molecule has 0 saturated heterocycles. The molecule has 0 amide bonds. The second kappa shape index (κ2) is 7.23. The van der Waals surface area contributed by atoms with Crippen molar-refractivity contribution in [3.8, 4) is 6.07 Å². The smallest absolute Gasteiger partial charge is 0.108 e. The van der Waals surface area contributed by atoms with Gasteiger partial charge in [-0.05, 0) is 54.0 Å². The normalized spacial score (nSPS) is 27.4. The Morgan fingerprint density at radius 1 is 1.42 bits per heavy atom. The van der Waals surface area contributed by atoms with Gasteiger partial charge in [-0.15, -0.1) is 0 Å². The summed E-state index contributed by atoms with van der Waals surface area (Å²) in [4.78, 5) is 2.34. The Morgan fingerprint density at radius 2 is 2.11 bits per heavy atom. The molecule has 0 aromatic heterocycles. The highest BCUT2D eigenvalue weighted by Crippen LogP contribution is 2.32. The zero-order valence-corrected chi connectivity index (χ0v) is 13.1. The SMILES string of the molecule is CC(C)NC1(C#N)CCC(N(C)CCOC(C)C)C1. The van der Waals surface area contributed by atoms with Gasteiger partial charge in [0.05, 0.1) is 18.8 Å². The van der Waals surface area contributed by atoms with Gasteiger partial charge in [0.25, 0.3) is 0 Å². The maximum Gasteiger partial charge on any atom is 0.108 e. The quantitative estimate of drug-likeness (QED) is 0.768. The first kappa shape index (κ1) is 16.4. The van der Waals surface area contributed by atoms with Crippen LogP contribution in [0.25, 0.3) is 0 Å². The first-order valence-electron chi connectivity index (χ1n) is 7.39. The summed E-state index contributed by atoms with van der Waals surface area (Å²) < 4.78 is 5.59. The molecule has 0 aromatic carbocycles. The molecule has 19 heavy (non-hydrogen) atoms. The molecule has 1 rings (SSSR count). The van der Waals surface area contributed by atoms with Crippen molar-refractivity contribution >= 4 is 0 Å². The van der Waals surface area contributed by atoms with Crippen molar-refractivity contribution in [2.75, 3.05) is 20.2 Å². The summed E-state index contributed by atoms with van der Waals surface area (Å²) in [5.41, 5.74) is -0.327. The van der Waals surface area contributed by atoms with Crippen LogP contribution in [0.4, 0.5) is 0 Å². The molecule has 4 nitrogen and oxygen atoms in total. The number of rotatable bonds is 7. The summed E-state index contributed by atoms with van der Waals surface area (Å²) in [5.74, 6) is 0. The van der Waals surface area contributed by atoms with Crippen LogP contribution >= 0.6 is 0 Å². The molecule has 110 valence electrons. The third-order valence-electron chi connectivity index (χ3n) is 3.79. The van der Waals surface area contributed by atoms with Gasteiger partial charge in [-0.25, -0.2) is 0 Å². The fourth-order valence-corrected chi connectivity index (χ4v) is 2.83. The zero-order valence-electron chi connectivity index (χ0n) is 13.1. The van der Waals surface area contributed by atoms with E-state index in [4.69, 9.17) is 4.74 Å². The van der Waals surface area contributed by atoms with E-state index in [1.807, 2.05) is 0 Å². The van der Waals surface area contributed by atoms with E-state index in [9.17, 15) is 5.26 Å². The minimum Gasteiger partial charge on any atom is -0.377 e. The van der Waals surface area contributed by atoms with E-state index in [1.165, 1.54) is 0 Å². The third kappa shape index (κ3) is 5.10. The van der Waals surface area contributed by atoms with E-state index in [0.717, 1.165) is 32.4 Å². The molecule has 0 aliphatic heterocycles. The van der Waals surface area contributed by atoms with Gasteiger partial charge < -0.3 is 9.64 Å². The Labute approximate surface area is 118 Å². The Hall–Kier alpha value is -0.630. The maximum absolute atomic E-state index is 9.46. The fourth-order valence-electron chi connectivity index (χ4n) is 2.83. The van der Waals surface area contributed by atoms with Crippen molar-refractivity contribution in [3.63, 3.8) is 0 Å². The Balaban J connectivity index is 2.43. The minimum absolute atomic E-state index is 0.290. The molecule has 0 bridgehead atoms. The van der Waals surface area contributed by atoms with Crippen molar-refractivity contribution in [2.45, 2.75) is 70.7 Å². The van der Waals surface area contributed by atoms with Gasteiger partial charge in [-0.3, -0.25) is 5.32 Å². The molecule has 0 radical (unpaired) electrons. The van der Waals surface area contributed by atoms with Crippen molar-refractivity contribution in [1.29, 1.82) is 5.26 Å². The van der Waals surface area contributed by atoms with E-state index >= 15 is 0 Å². The van der Waals surface area contributed by atoms with Crippen molar-refractivity contribution < 1.29 is 4.74 Å².